The van der Waals surface area contributed by atoms with Crippen molar-refractivity contribution in [3.63, 3.8) is 0 Å². The molecule has 1 aliphatic rings. The van der Waals surface area contributed by atoms with Gasteiger partial charge in [-0.1, -0.05) is 109 Å². The van der Waals surface area contributed by atoms with Crippen LogP contribution >= 0.6 is 0 Å². The number of hydrogen-bond donors (Lipinski definition) is 2. The molecule has 1 aliphatic heterocycles. The SMILES string of the molecule is O=C(Nc1ccn([C@@H]2C[C@H](O)[C@H](COC(c3ccccc3)(c3ccccc3)c3ccccc3)O2)c(=O)n1)c1ccccc1. The maximum Gasteiger partial charge on any atom is 0.351 e. The van der Waals surface area contributed by atoms with Gasteiger partial charge >= 0.3 is 5.69 Å². The molecular weight excluding hydrogens is 542 g/mol. The van der Waals surface area contributed by atoms with Crippen molar-refractivity contribution in [2.45, 2.75) is 30.5 Å². The first-order chi connectivity index (χ1) is 21.0. The third kappa shape index (κ3) is 5.89. The van der Waals surface area contributed by atoms with Gasteiger partial charge < -0.3 is 19.9 Å². The van der Waals surface area contributed by atoms with E-state index in [1.807, 2.05) is 97.1 Å². The highest BCUT2D eigenvalue weighted by Crippen LogP contribution is 2.41. The Morgan fingerprint density at radius 1 is 0.837 bits per heavy atom. The first kappa shape index (κ1) is 28.2. The average molecular weight is 574 g/mol. The minimum Gasteiger partial charge on any atom is -0.390 e. The van der Waals surface area contributed by atoms with Crippen LogP contribution in [-0.4, -0.2) is 39.4 Å². The first-order valence-corrected chi connectivity index (χ1v) is 14.1. The monoisotopic (exact) mass is 573 g/mol. The van der Waals surface area contributed by atoms with Gasteiger partial charge in [-0.25, -0.2) is 4.79 Å². The van der Waals surface area contributed by atoms with Crippen LogP contribution in [0.25, 0.3) is 0 Å². The van der Waals surface area contributed by atoms with Gasteiger partial charge in [0.1, 0.15) is 23.8 Å². The molecule has 0 bridgehead atoms. The summed E-state index contributed by atoms with van der Waals surface area (Å²) >= 11 is 0. The van der Waals surface area contributed by atoms with E-state index in [9.17, 15) is 14.7 Å². The summed E-state index contributed by atoms with van der Waals surface area (Å²) < 4.78 is 14.3. The van der Waals surface area contributed by atoms with Gasteiger partial charge in [0.25, 0.3) is 5.91 Å². The molecule has 0 radical (unpaired) electrons. The van der Waals surface area contributed by atoms with Gasteiger partial charge in [-0.15, -0.1) is 0 Å². The summed E-state index contributed by atoms with van der Waals surface area (Å²) in [6.07, 6.45) is -0.639. The van der Waals surface area contributed by atoms with E-state index in [2.05, 4.69) is 10.3 Å². The molecule has 1 amide bonds. The maximum absolute atomic E-state index is 12.9. The Kier molecular flexibility index (Phi) is 8.24. The van der Waals surface area contributed by atoms with Crippen molar-refractivity contribution < 1.29 is 19.4 Å². The third-order valence-corrected chi connectivity index (χ3v) is 7.63. The van der Waals surface area contributed by atoms with Crippen LogP contribution in [-0.2, 0) is 15.1 Å². The Bertz CT molecular complexity index is 1620. The number of aromatic nitrogens is 2. The number of nitrogens with zero attached hydrogens (tertiary/aromatic N) is 2. The first-order valence-electron chi connectivity index (χ1n) is 14.1. The number of aliphatic hydroxyl groups excluding tert-OH is 1. The normalized spacial score (nSPS) is 18.3. The highest BCUT2D eigenvalue weighted by molar-refractivity contribution is 6.03. The molecule has 8 heteroatoms. The van der Waals surface area contributed by atoms with Gasteiger partial charge in [-0.3, -0.25) is 9.36 Å². The van der Waals surface area contributed by atoms with Gasteiger partial charge in [0.05, 0.1) is 12.7 Å². The standard InChI is InChI=1S/C35H31N3O5/c39-29-23-32(38-22-21-31(37-34(38)41)36-33(40)25-13-5-1-6-14-25)43-30(29)24-42-35(26-15-7-2-8-16-26,27-17-9-3-10-18-27)28-19-11-4-12-20-28/h1-22,29-30,32,39H,23-24H2,(H,36,37,40,41)/t29-,30-,32-/m0/s1. The Labute approximate surface area is 249 Å². The van der Waals surface area contributed by atoms with Gasteiger partial charge in [-0.2, -0.15) is 4.98 Å². The second-order valence-electron chi connectivity index (χ2n) is 10.3. The number of aliphatic hydroxyl groups is 1. The molecule has 2 heterocycles. The zero-order chi connectivity index (χ0) is 29.6. The second kappa shape index (κ2) is 12.5. The Morgan fingerprint density at radius 3 is 1.86 bits per heavy atom. The van der Waals surface area contributed by atoms with E-state index in [0.29, 0.717) is 5.56 Å². The number of carbonyl (C=O) groups excluding carboxylic acids is 1. The summed E-state index contributed by atoms with van der Waals surface area (Å²) in [4.78, 5) is 29.4. The predicted molar refractivity (Wildman–Crippen MR) is 163 cm³/mol. The summed E-state index contributed by atoms with van der Waals surface area (Å²) in [5, 5.41) is 13.7. The number of hydrogen-bond acceptors (Lipinski definition) is 6. The highest BCUT2D eigenvalue weighted by atomic mass is 16.6. The highest BCUT2D eigenvalue weighted by Gasteiger charge is 2.41. The molecule has 43 heavy (non-hydrogen) atoms. The van der Waals surface area contributed by atoms with Crippen molar-refractivity contribution in [1.82, 2.24) is 9.55 Å². The molecule has 4 aromatic carbocycles. The van der Waals surface area contributed by atoms with Gasteiger partial charge in [-0.05, 0) is 34.9 Å². The quantitative estimate of drug-likeness (QED) is 0.237. The average Bonchev–Trinajstić information content (AvgIpc) is 3.43. The van der Waals surface area contributed by atoms with Gasteiger partial charge in [0.2, 0.25) is 0 Å². The van der Waals surface area contributed by atoms with Crippen molar-refractivity contribution in [3.05, 3.63) is 166 Å². The van der Waals surface area contributed by atoms with Gasteiger partial charge in [0, 0.05) is 18.2 Å². The fraction of sp³-hybridized carbons (Fsp3) is 0.171. The molecule has 0 unspecified atom stereocenters. The maximum atomic E-state index is 12.9. The lowest BCUT2D eigenvalue weighted by molar-refractivity contribution is -0.0943. The minimum atomic E-state index is -0.970. The number of ether oxygens (including phenoxy) is 2. The molecule has 216 valence electrons. The van der Waals surface area contributed by atoms with Crippen LogP contribution in [0.3, 0.4) is 0 Å². The topological polar surface area (TPSA) is 103 Å². The van der Waals surface area contributed by atoms with E-state index in [4.69, 9.17) is 9.47 Å². The molecule has 1 fully saturated rings. The van der Waals surface area contributed by atoms with E-state index in [0.717, 1.165) is 16.7 Å². The predicted octanol–water partition coefficient (Wildman–Crippen LogP) is 5.15. The molecule has 2 N–H and O–H groups in total. The third-order valence-electron chi connectivity index (χ3n) is 7.63. The lowest BCUT2D eigenvalue weighted by atomic mass is 9.80. The molecule has 6 rings (SSSR count). The second-order valence-corrected chi connectivity index (χ2v) is 10.3. The molecule has 1 saturated heterocycles. The van der Waals surface area contributed by atoms with Crippen molar-refractivity contribution in [1.29, 1.82) is 0 Å². The van der Waals surface area contributed by atoms with Crippen molar-refractivity contribution in [2.75, 3.05) is 11.9 Å². The minimum absolute atomic E-state index is 0.0593. The van der Waals surface area contributed by atoms with Crippen molar-refractivity contribution in [2.24, 2.45) is 0 Å². The zero-order valence-electron chi connectivity index (χ0n) is 23.3. The number of rotatable bonds is 9. The fourth-order valence-electron chi connectivity index (χ4n) is 5.49. The molecule has 5 aromatic rings. The Balaban J connectivity index is 1.23. The van der Waals surface area contributed by atoms with Crippen LogP contribution in [0.5, 0.6) is 0 Å². The van der Waals surface area contributed by atoms with Crippen molar-refractivity contribution >= 4 is 11.7 Å². The van der Waals surface area contributed by atoms with Crippen LogP contribution < -0.4 is 11.0 Å². The van der Waals surface area contributed by atoms with Gasteiger partial charge in [0.15, 0.2) is 0 Å². The van der Waals surface area contributed by atoms with E-state index >= 15 is 0 Å². The number of anilines is 1. The molecule has 1 aromatic heterocycles. The molecule has 0 saturated carbocycles. The Hall–Kier alpha value is -4.89. The molecule has 8 nitrogen and oxygen atoms in total. The summed E-state index contributed by atoms with van der Waals surface area (Å²) in [5.74, 6) is -0.236. The molecule has 0 spiro atoms. The van der Waals surface area contributed by atoms with Crippen LogP contribution in [0.4, 0.5) is 5.82 Å². The Morgan fingerprint density at radius 2 is 1.35 bits per heavy atom. The lowest BCUT2D eigenvalue weighted by Crippen LogP contribution is -2.38. The number of amides is 1. The zero-order valence-corrected chi connectivity index (χ0v) is 23.3. The largest absolute Gasteiger partial charge is 0.390 e. The molecule has 3 atom stereocenters. The summed E-state index contributed by atoms with van der Waals surface area (Å²) in [6, 6.07) is 40.1. The van der Waals surface area contributed by atoms with E-state index in [1.54, 1.807) is 24.3 Å². The van der Waals surface area contributed by atoms with Crippen LogP contribution in [0.15, 0.2) is 138 Å². The van der Waals surface area contributed by atoms with E-state index < -0.39 is 29.7 Å². The van der Waals surface area contributed by atoms with Crippen molar-refractivity contribution in [3.8, 4) is 0 Å². The number of nitrogens with one attached hydrogen (secondary N) is 1. The van der Waals surface area contributed by atoms with Crippen LogP contribution in [0.1, 0.15) is 39.7 Å². The summed E-state index contributed by atoms with van der Waals surface area (Å²) in [5.41, 5.74) is 1.69. The van der Waals surface area contributed by atoms with Crippen LogP contribution in [0, 0.1) is 0 Å². The summed E-state index contributed by atoms with van der Waals surface area (Å²) in [6.45, 7) is 0.0593. The smallest absolute Gasteiger partial charge is 0.351 e. The fourth-order valence-corrected chi connectivity index (χ4v) is 5.49. The lowest BCUT2D eigenvalue weighted by Gasteiger charge is -2.37. The number of carbonyl (C=O) groups is 1. The van der Waals surface area contributed by atoms with E-state index in [1.165, 1.54) is 16.8 Å². The summed E-state index contributed by atoms with van der Waals surface area (Å²) in [7, 11) is 0. The molecular formula is C35H31N3O5. The van der Waals surface area contributed by atoms with E-state index in [-0.39, 0.29) is 24.8 Å². The molecule has 0 aliphatic carbocycles. The number of benzene rings is 4. The van der Waals surface area contributed by atoms with Crippen LogP contribution in [0.2, 0.25) is 0 Å².